The Bertz CT molecular complexity index is 111. The first-order chi connectivity index (χ1) is 7.83. The summed E-state index contributed by atoms with van der Waals surface area (Å²) in [7, 11) is 0. The molecule has 0 saturated heterocycles. The van der Waals surface area contributed by atoms with Crippen molar-refractivity contribution in [1.82, 2.24) is 10.6 Å². The Morgan fingerprint density at radius 1 is 0.882 bits per heavy atom. The lowest BCUT2D eigenvalue weighted by Gasteiger charge is -2.01. The van der Waals surface area contributed by atoms with Gasteiger partial charge in [0, 0.05) is 13.1 Å². The Labute approximate surface area is 111 Å². The fourth-order valence-corrected chi connectivity index (χ4v) is 0.683. The molecule has 0 aromatic rings. The second kappa shape index (κ2) is 36.1. The number of rotatable bonds is 8. The van der Waals surface area contributed by atoms with Crippen LogP contribution in [-0.4, -0.2) is 26.2 Å². The number of nitrogens with one attached hydrogen (secondary N) is 2. The molecular weight excluding hydrogens is 208 g/mol. The molecule has 0 aliphatic rings. The lowest BCUT2D eigenvalue weighted by molar-refractivity contribution is 0.628. The molecule has 2 heteroatoms. The Kier molecular flexibility index (Phi) is 53.8. The number of hydrogen-bond acceptors (Lipinski definition) is 2. The molecule has 0 bridgehead atoms. The third-order valence-corrected chi connectivity index (χ3v) is 1.54. The van der Waals surface area contributed by atoms with Crippen LogP contribution in [0.2, 0.25) is 0 Å². The first kappa shape index (κ1) is 25.3. The average molecular weight is 244 g/mol. The lowest BCUT2D eigenvalue weighted by Crippen LogP contribution is -2.27. The maximum absolute atomic E-state index is 3.64. The van der Waals surface area contributed by atoms with E-state index in [1.165, 1.54) is 0 Å². The van der Waals surface area contributed by atoms with Gasteiger partial charge in [0.25, 0.3) is 0 Å². The smallest absolute Gasteiger partial charge is 0.00768 e. The number of likely N-dealkylation sites (N-methyl/N-ethyl adjacent to an activating group) is 1. The van der Waals surface area contributed by atoms with E-state index in [1.807, 2.05) is 26.0 Å². The van der Waals surface area contributed by atoms with Crippen LogP contribution in [-0.2, 0) is 0 Å². The molecule has 106 valence electrons. The van der Waals surface area contributed by atoms with E-state index in [0.717, 1.165) is 39.0 Å². The van der Waals surface area contributed by atoms with Crippen LogP contribution >= 0.6 is 0 Å². The molecule has 0 aromatic carbocycles. The highest BCUT2D eigenvalue weighted by molar-refractivity contribution is 4.67. The van der Waals surface area contributed by atoms with E-state index in [-0.39, 0.29) is 7.43 Å². The van der Waals surface area contributed by atoms with Crippen molar-refractivity contribution in [3.63, 3.8) is 0 Å². The molecule has 0 unspecified atom stereocenters. The molecule has 0 rings (SSSR count). The van der Waals surface area contributed by atoms with Crippen LogP contribution in [0.25, 0.3) is 0 Å². The Morgan fingerprint density at radius 2 is 1.35 bits per heavy atom. The van der Waals surface area contributed by atoms with Crippen LogP contribution in [0, 0.1) is 0 Å². The quantitative estimate of drug-likeness (QED) is 0.498. The summed E-state index contributed by atoms with van der Waals surface area (Å²) in [5.41, 5.74) is 0. The molecule has 0 atom stereocenters. The van der Waals surface area contributed by atoms with E-state index in [0.29, 0.717) is 0 Å². The van der Waals surface area contributed by atoms with Gasteiger partial charge in [-0.3, -0.25) is 0 Å². The van der Waals surface area contributed by atoms with Crippen LogP contribution in [0.5, 0.6) is 0 Å². The SMILES string of the molecule is C.C=CCC.C=CCCNCCNCC.CC. The highest BCUT2D eigenvalue weighted by atomic mass is 14.9. The molecule has 0 aliphatic carbocycles. The monoisotopic (exact) mass is 244 g/mol. The van der Waals surface area contributed by atoms with Gasteiger partial charge in [-0.25, -0.2) is 0 Å². The normalized spacial score (nSPS) is 7.53. The fourth-order valence-electron chi connectivity index (χ4n) is 0.683. The molecule has 0 radical (unpaired) electrons. The van der Waals surface area contributed by atoms with Gasteiger partial charge in [0.05, 0.1) is 0 Å². The standard InChI is InChI=1S/C8H18N2.C4H8.C2H6.CH4/c1-3-5-6-10-8-7-9-4-2;1-3-4-2;1-2;/h3,9-10H,1,4-8H2,2H3;3H,1,4H2,2H3;1-2H3;1H4. The van der Waals surface area contributed by atoms with Gasteiger partial charge in [0.15, 0.2) is 0 Å². The van der Waals surface area contributed by atoms with Gasteiger partial charge in [0.1, 0.15) is 0 Å². The third kappa shape index (κ3) is 50.5. The second-order valence-corrected chi connectivity index (χ2v) is 2.88. The zero-order valence-corrected chi connectivity index (χ0v) is 11.8. The molecule has 2 N–H and O–H groups in total. The summed E-state index contributed by atoms with van der Waals surface area (Å²) >= 11 is 0. The minimum absolute atomic E-state index is 0. The molecule has 0 fully saturated rings. The van der Waals surface area contributed by atoms with E-state index >= 15 is 0 Å². The van der Waals surface area contributed by atoms with Crippen LogP contribution in [0.1, 0.15) is 48.0 Å². The summed E-state index contributed by atoms with van der Waals surface area (Å²) in [4.78, 5) is 0. The maximum atomic E-state index is 3.64. The zero-order chi connectivity index (χ0) is 13.1. The van der Waals surface area contributed by atoms with Gasteiger partial charge < -0.3 is 10.6 Å². The molecule has 17 heavy (non-hydrogen) atoms. The Balaban J connectivity index is -0.000000103. The number of allylic oxidation sites excluding steroid dienone is 1. The zero-order valence-electron chi connectivity index (χ0n) is 11.8. The highest BCUT2D eigenvalue weighted by Gasteiger charge is 1.82. The van der Waals surface area contributed by atoms with Crippen molar-refractivity contribution < 1.29 is 0 Å². The van der Waals surface area contributed by atoms with Crippen molar-refractivity contribution in [2.24, 2.45) is 0 Å². The molecular formula is C15H36N2. The van der Waals surface area contributed by atoms with E-state index < -0.39 is 0 Å². The Morgan fingerprint density at radius 3 is 1.71 bits per heavy atom. The van der Waals surface area contributed by atoms with Gasteiger partial charge in [-0.05, 0) is 25.9 Å². The number of hydrogen-bond donors (Lipinski definition) is 2. The van der Waals surface area contributed by atoms with E-state index in [2.05, 4.69) is 37.6 Å². The predicted molar refractivity (Wildman–Crippen MR) is 84.8 cm³/mol. The van der Waals surface area contributed by atoms with Crippen molar-refractivity contribution in [2.45, 2.75) is 48.0 Å². The van der Waals surface area contributed by atoms with Crippen molar-refractivity contribution in [3.05, 3.63) is 25.3 Å². The summed E-state index contributed by atoms with van der Waals surface area (Å²) in [5, 5.41) is 6.52. The van der Waals surface area contributed by atoms with E-state index in [4.69, 9.17) is 0 Å². The highest BCUT2D eigenvalue weighted by Crippen LogP contribution is 1.73. The summed E-state index contributed by atoms with van der Waals surface area (Å²) in [5.74, 6) is 0. The summed E-state index contributed by atoms with van der Waals surface area (Å²) in [6.07, 6.45) is 5.95. The minimum Gasteiger partial charge on any atom is -0.316 e. The Hall–Kier alpha value is -0.600. The predicted octanol–water partition coefficient (Wildman–Crippen LogP) is 4.01. The first-order valence-electron chi connectivity index (χ1n) is 6.46. The van der Waals surface area contributed by atoms with Crippen LogP contribution in [0.4, 0.5) is 0 Å². The molecule has 0 heterocycles. The van der Waals surface area contributed by atoms with Crippen LogP contribution in [0.15, 0.2) is 25.3 Å². The first-order valence-corrected chi connectivity index (χ1v) is 6.46. The van der Waals surface area contributed by atoms with Crippen molar-refractivity contribution in [3.8, 4) is 0 Å². The fraction of sp³-hybridized carbons (Fsp3) is 0.733. The summed E-state index contributed by atoms with van der Waals surface area (Å²) < 4.78 is 0. The maximum Gasteiger partial charge on any atom is 0.00768 e. The van der Waals surface area contributed by atoms with Crippen molar-refractivity contribution in [1.29, 1.82) is 0 Å². The summed E-state index contributed by atoms with van der Waals surface area (Å²) in [6, 6.07) is 0. The molecule has 0 spiro atoms. The van der Waals surface area contributed by atoms with Crippen molar-refractivity contribution >= 4 is 0 Å². The largest absolute Gasteiger partial charge is 0.316 e. The van der Waals surface area contributed by atoms with Gasteiger partial charge in [-0.2, -0.15) is 0 Å². The second-order valence-electron chi connectivity index (χ2n) is 2.88. The molecule has 0 aliphatic heterocycles. The molecule has 2 nitrogen and oxygen atoms in total. The van der Waals surface area contributed by atoms with Crippen molar-refractivity contribution in [2.75, 3.05) is 26.2 Å². The van der Waals surface area contributed by atoms with E-state index in [9.17, 15) is 0 Å². The van der Waals surface area contributed by atoms with Gasteiger partial charge in [-0.15, -0.1) is 13.2 Å². The van der Waals surface area contributed by atoms with Crippen LogP contribution in [0.3, 0.4) is 0 Å². The van der Waals surface area contributed by atoms with E-state index in [1.54, 1.807) is 0 Å². The lowest BCUT2D eigenvalue weighted by atomic mass is 10.4. The molecule has 0 saturated carbocycles. The minimum atomic E-state index is 0. The van der Waals surface area contributed by atoms with Gasteiger partial charge in [-0.1, -0.05) is 47.3 Å². The van der Waals surface area contributed by atoms with Crippen LogP contribution < -0.4 is 10.6 Å². The third-order valence-electron chi connectivity index (χ3n) is 1.54. The molecule has 0 aromatic heterocycles. The van der Waals surface area contributed by atoms with Gasteiger partial charge >= 0.3 is 0 Å². The molecule has 0 amide bonds. The topological polar surface area (TPSA) is 24.1 Å². The van der Waals surface area contributed by atoms with Gasteiger partial charge in [0.2, 0.25) is 0 Å². The average Bonchev–Trinajstić information content (AvgIpc) is 2.36. The summed E-state index contributed by atoms with van der Waals surface area (Å²) in [6.45, 7) is 19.5.